The maximum atomic E-state index is 10.7. The fourth-order valence-corrected chi connectivity index (χ4v) is 1.46. The first-order valence-corrected chi connectivity index (χ1v) is 5.30. The maximum absolute atomic E-state index is 10.7. The topological polar surface area (TPSA) is 81.5 Å². The van der Waals surface area contributed by atoms with Gasteiger partial charge >= 0.3 is 0 Å². The van der Waals surface area contributed by atoms with Crippen LogP contribution in [-0.4, -0.2) is 11.1 Å². The van der Waals surface area contributed by atoms with Crippen molar-refractivity contribution in [3.63, 3.8) is 0 Å². The molecular weight excluding hydrogens is 230 g/mol. The van der Waals surface area contributed by atoms with Crippen molar-refractivity contribution in [2.75, 3.05) is 5.73 Å². The first-order valence-electron chi connectivity index (χ1n) is 5.30. The van der Waals surface area contributed by atoms with E-state index in [1.165, 1.54) is 12.1 Å². The van der Waals surface area contributed by atoms with E-state index in [0.717, 1.165) is 5.56 Å². The number of nitrogens with zero attached hydrogens (tertiary/aromatic N) is 2. The van der Waals surface area contributed by atoms with E-state index < -0.39 is 4.92 Å². The summed E-state index contributed by atoms with van der Waals surface area (Å²) in [5, 5.41) is 10.7. The van der Waals surface area contributed by atoms with Crippen LogP contribution in [0.1, 0.15) is 5.56 Å². The molecule has 2 N–H and O–H groups in total. The van der Waals surface area contributed by atoms with E-state index in [1.54, 1.807) is 12.3 Å². The summed E-state index contributed by atoms with van der Waals surface area (Å²) in [6.45, 7) is 0. The van der Waals surface area contributed by atoms with Gasteiger partial charge in [0.1, 0.15) is 5.69 Å². The summed E-state index contributed by atoms with van der Waals surface area (Å²) in [5.74, 6) is 0. The van der Waals surface area contributed by atoms with Gasteiger partial charge in [-0.25, -0.2) is 0 Å². The zero-order chi connectivity index (χ0) is 13.0. The van der Waals surface area contributed by atoms with Crippen molar-refractivity contribution >= 4 is 23.3 Å². The van der Waals surface area contributed by atoms with Crippen LogP contribution in [0.3, 0.4) is 0 Å². The first-order chi connectivity index (χ1) is 8.66. The van der Waals surface area contributed by atoms with Crippen LogP contribution in [0, 0.1) is 10.1 Å². The van der Waals surface area contributed by atoms with Gasteiger partial charge in [-0.2, -0.15) is 0 Å². The van der Waals surface area contributed by atoms with Crippen LogP contribution in [0.4, 0.5) is 17.1 Å². The molecule has 0 spiro atoms. The van der Waals surface area contributed by atoms with Gasteiger partial charge in [0, 0.05) is 12.3 Å². The average molecular weight is 241 g/mol. The van der Waals surface area contributed by atoms with Gasteiger partial charge in [0.15, 0.2) is 0 Å². The van der Waals surface area contributed by atoms with Gasteiger partial charge in [-0.3, -0.25) is 15.1 Å². The van der Waals surface area contributed by atoms with Gasteiger partial charge < -0.3 is 5.73 Å². The van der Waals surface area contributed by atoms with Crippen molar-refractivity contribution < 1.29 is 4.92 Å². The van der Waals surface area contributed by atoms with Crippen LogP contribution in [0.15, 0.2) is 53.5 Å². The van der Waals surface area contributed by atoms with E-state index >= 15 is 0 Å². The summed E-state index contributed by atoms with van der Waals surface area (Å²) in [5.41, 5.74) is 6.94. The van der Waals surface area contributed by atoms with Gasteiger partial charge in [-0.05, 0) is 17.7 Å². The van der Waals surface area contributed by atoms with Crippen molar-refractivity contribution in [1.29, 1.82) is 0 Å². The van der Waals surface area contributed by atoms with Crippen LogP contribution < -0.4 is 5.73 Å². The highest BCUT2D eigenvalue weighted by Crippen LogP contribution is 2.26. The molecule has 5 heteroatoms. The smallest absolute Gasteiger partial charge is 0.294 e. The summed E-state index contributed by atoms with van der Waals surface area (Å²) < 4.78 is 0. The third-order valence-corrected chi connectivity index (χ3v) is 2.37. The molecule has 0 aliphatic rings. The van der Waals surface area contributed by atoms with Gasteiger partial charge in [0.2, 0.25) is 0 Å². The molecule has 0 fully saturated rings. The molecule has 0 saturated heterocycles. The van der Waals surface area contributed by atoms with Crippen molar-refractivity contribution in [2.45, 2.75) is 0 Å². The summed E-state index contributed by atoms with van der Waals surface area (Å²) in [7, 11) is 0. The highest BCUT2D eigenvalue weighted by molar-refractivity contribution is 5.82. The van der Waals surface area contributed by atoms with E-state index in [-0.39, 0.29) is 11.4 Å². The van der Waals surface area contributed by atoms with Crippen LogP contribution in [0.25, 0.3) is 0 Å². The lowest BCUT2D eigenvalue weighted by atomic mass is 10.2. The molecule has 0 aliphatic carbocycles. The number of rotatable bonds is 3. The standard InChI is InChI=1S/C13H11N3O2/c14-12-7-6-11(8-13(12)16(17)18)15-9-10-4-2-1-3-5-10/h1-9H,14H2. The molecule has 2 aromatic carbocycles. The van der Waals surface area contributed by atoms with E-state index in [1.807, 2.05) is 30.3 Å². The highest BCUT2D eigenvalue weighted by atomic mass is 16.6. The second-order valence-corrected chi connectivity index (χ2v) is 3.67. The molecule has 18 heavy (non-hydrogen) atoms. The normalized spacial score (nSPS) is 10.7. The minimum Gasteiger partial charge on any atom is -0.393 e. The molecule has 0 amide bonds. The molecule has 2 aromatic rings. The molecule has 0 heterocycles. The monoisotopic (exact) mass is 241 g/mol. The van der Waals surface area contributed by atoms with Gasteiger partial charge in [0.05, 0.1) is 10.6 Å². The molecular formula is C13H11N3O2. The van der Waals surface area contributed by atoms with E-state index in [9.17, 15) is 10.1 Å². The molecule has 0 bridgehead atoms. The van der Waals surface area contributed by atoms with Crippen LogP contribution in [-0.2, 0) is 0 Å². The third kappa shape index (κ3) is 2.70. The Bertz CT molecular complexity index is 594. The number of nitrogens with two attached hydrogens (primary N) is 1. The number of aliphatic imine (C=N–C) groups is 1. The molecule has 0 radical (unpaired) electrons. The Morgan fingerprint density at radius 3 is 2.56 bits per heavy atom. The minimum absolute atomic E-state index is 0.127. The zero-order valence-corrected chi connectivity index (χ0v) is 9.48. The number of nitrogen functional groups attached to an aromatic ring is 1. The predicted octanol–water partition coefficient (Wildman–Crippen LogP) is 2.93. The summed E-state index contributed by atoms with van der Waals surface area (Å²) in [4.78, 5) is 14.4. The number of nitro benzene ring substituents is 1. The maximum Gasteiger partial charge on any atom is 0.294 e. The van der Waals surface area contributed by atoms with Gasteiger partial charge in [-0.15, -0.1) is 0 Å². The van der Waals surface area contributed by atoms with Crippen molar-refractivity contribution in [3.8, 4) is 0 Å². The highest BCUT2D eigenvalue weighted by Gasteiger charge is 2.10. The summed E-state index contributed by atoms with van der Waals surface area (Å²) >= 11 is 0. The summed E-state index contributed by atoms with van der Waals surface area (Å²) in [6, 6.07) is 14.0. The van der Waals surface area contributed by atoms with Crippen molar-refractivity contribution in [2.24, 2.45) is 4.99 Å². The minimum atomic E-state index is -0.517. The van der Waals surface area contributed by atoms with Crippen LogP contribution in [0.2, 0.25) is 0 Å². The Balaban J connectivity index is 2.28. The number of hydrogen-bond acceptors (Lipinski definition) is 4. The SMILES string of the molecule is Nc1ccc(N=Cc2ccccc2)cc1[N+](=O)[O-]. The second kappa shape index (κ2) is 5.09. The van der Waals surface area contributed by atoms with E-state index in [2.05, 4.69) is 4.99 Å². The molecule has 0 saturated carbocycles. The predicted molar refractivity (Wildman–Crippen MR) is 71.2 cm³/mol. The Labute approximate surface area is 104 Å². The molecule has 0 aliphatic heterocycles. The number of nitro groups is 1. The van der Waals surface area contributed by atoms with Gasteiger partial charge in [-0.1, -0.05) is 30.3 Å². The lowest BCUT2D eigenvalue weighted by Crippen LogP contribution is -1.94. The molecule has 0 aromatic heterocycles. The Hall–Kier alpha value is -2.69. The molecule has 0 unspecified atom stereocenters. The number of anilines is 1. The quantitative estimate of drug-likeness (QED) is 0.388. The Morgan fingerprint density at radius 1 is 1.17 bits per heavy atom. The van der Waals surface area contributed by atoms with Crippen molar-refractivity contribution in [3.05, 3.63) is 64.2 Å². The Morgan fingerprint density at radius 2 is 1.89 bits per heavy atom. The molecule has 5 nitrogen and oxygen atoms in total. The molecule has 0 atom stereocenters. The van der Waals surface area contributed by atoms with Gasteiger partial charge in [0.25, 0.3) is 5.69 Å². The fraction of sp³-hybridized carbons (Fsp3) is 0. The molecule has 2 rings (SSSR count). The van der Waals surface area contributed by atoms with Crippen LogP contribution >= 0.6 is 0 Å². The Kier molecular flexibility index (Phi) is 3.33. The first kappa shape index (κ1) is 11.8. The molecule has 90 valence electrons. The van der Waals surface area contributed by atoms with E-state index in [4.69, 9.17) is 5.73 Å². The largest absolute Gasteiger partial charge is 0.393 e. The summed E-state index contributed by atoms with van der Waals surface area (Å²) in [6.07, 6.45) is 1.65. The lowest BCUT2D eigenvalue weighted by molar-refractivity contribution is -0.383. The average Bonchev–Trinajstić information content (AvgIpc) is 2.38. The fourth-order valence-electron chi connectivity index (χ4n) is 1.46. The third-order valence-electron chi connectivity index (χ3n) is 2.37. The second-order valence-electron chi connectivity index (χ2n) is 3.67. The zero-order valence-electron chi connectivity index (χ0n) is 9.48. The number of hydrogen-bond donors (Lipinski definition) is 1. The van der Waals surface area contributed by atoms with Crippen molar-refractivity contribution in [1.82, 2.24) is 0 Å². The lowest BCUT2D eigenvalue weighted by Gasteiger charge is -1.98. The van der Waals surface area contributed by atoms with E-state index in [0.29, 0.717) is 5.69 Å². The number of benzene rings is 2. The van der Waals surface area contributed by atoms with Crippen LogP contribution in [0.5, 0.6) is 0 Å².